The third-order valence-corrected chi connectivity index (χ3v) is 2.52. The van der Waals surface area contributed by atoms with E-state index < -0.39 is 0 Å². The topological polar surface area (TPSA) is 43.1 Å². The van der Waals surface area contributed by atoms with Crippen molar-refractivity contribution < 1.29 is 4.79 Å². The molecule has 18 heavy (non-hydrogen) atoms. The second kappa shape index (κ2) is 16.3. The Morgan fingerprint density at radius 2 is 1.72 bits per heavy atom. The van der Waals surface area contributed by atoms with Crippen molar-refractivity contribution in [3.05, 3.63) is 34.3 Å². The molecule has 0 bridgehead atoms. The molecule has 0 heterocycles. The van der Waals surface area contributed by atoms with Gasteiger partial charge in [0.15, 0.2) is 0 Å². The van der Waals surface area contributed by atoms with Crippen molar-refractivity contribution in [3.63, 3.8) is 0 Å². The third kappa shape index (κ3) is 13.4. The fourth-order valence-corrected chi connectivity index (χ4v) is 1.30. The normalized spacial score (nSPS) is 8.50. The highest BCUT2D eigenvalue weighted by atomic mass is 79.9. The fraction of sp³-hybridized carbons (Fsp3) is 0.533. The molecule has 0 aliphatic rings. The van der Waals surface area contributed by atoms with E-state index in [2.05, 4.69) is 35.0 Å². The zero-order valence-electron chi connectivity index (χ0n) is 11.8. The highest BCUT2D eigenvalue weighted by Crippen LogP contribution is 2.11. The van der Waals surface area contributed by atoms with Gasteiger partial charge in [0.05, 0.1) is 0 Å². The smallest absolute Gasteiger partial charge is 0.120 e. The molecule has 104 valence electrons. The highest BCUT2D eigenvalue weighted by molar-refractivity contribution is 9.10. The van der Waals surface area contributed by atoms with E-state index in [0.29, 0.717) is 6.42 Å². The van der Waals surface area contributed by atoms with E-state index >= 15 is 0 Å². The Morgan fingerprint density at radius 3 is 2.11 bits per heavy atom. The van der Waals surface area contributed by atoms with Gasteiger partial charge in [0.1, 0.15) is 6.29 Å². The number of carbonyl (C=O) groups is 1. The van der Waals surface area contributed by atoms with E-state index in [9.17, 15) is 4.79 Å². The average Bonchev–Trinajstić information content (AvgIpc) is 2.44. The Hall–Kier alpha value is -0.670. The Balaban J connectivity index is 0. The van der Waals surface area contributed by atoms with Crippen molar-refractivity contribution in [1.82, 2.24) is 0 Å². The largest absolute Gasteiger partial charge is 0.330 e. The molecule has 0 aliphatic carbocycles. The number of aldehydes is 1. The van der Waals surface area contributed by atoms with Crippen LogP contribution in [-0.4, -0.2) is 12.8 Å². The molecule has 0 saturated heterocycles. The molecule has 0 unspecified atom stereocenters. The van der Waals surface area contributed by atoms with Gasteiger partial charge >= 0.3 is 0 Å². The van der Waals surface area contributed by atoms with Gasteiger partial charge in [-0.25, -0.2) is 0 Å². The number of halogens is 1. The average molecular weight is 316 g/mol. The minimum Gasteiger partial charge on any atom is -0.330 e. The minimum atomic E-state index is 0.663. The van der Waals surface area contributed by atoms with Crippen molar-refractivity contribution in [2.45, 2.75) is 46.5 Å². The summed E-state index contributed by atoms with van der Waals surface area (Å²) in [6.45, 7) is 6.88. The van der Waals surface area contributed by atoms with Gasteiger partial charge in [0.25, 0.3) is 0 Å². The van der Waals surface area contributed by atoms with Crippen molar-refractivity contribution in [1.29, 1.82) is 0 Å². The monoisotopic (exact) mass is 315 g/mol. The van der Waals surface area contributed by atoms with Crippen LogP contribution in [0, 0.1) is 0 Å². The molecule has 1 aromatic rings. The number of nitrogens with two attached hydrogens (primary N) is 1. The fourth-order valence-electron chi connectivity index (χ4n) is 1.04. The summed E-state index contributed by atoms with van der Waals surface area (Å²) in [6, 6.07) is 8.20. The minimum absolute atomic E-state index is 0.663. The Kier molecular flexibility index (Phi) is 17.8. The molecule has 3 heteroatoms. The molecule has 0 saturated carbocycles. The second-order valence-corrected chi connectivity index (χ2v) is 4.39. The summed E-state index contributed by atoms with van der Waals surface area (Å²) < 4.78 is 1.10. The van der Waals surface area contributed by atoms with E-state index in [0.717, 1.165) is 36.6 Å². The predicted molar refractivity (Wildman–Crippen MR) is 83.8 cm³/mol. The number of hydrogen-bond acceptors (Lipinski definition) is 2. The lowest BCUT2D eigenvalue weighted by Crippen LogP contribution is -1.93. The first kappa shape index (κ1) is 19.7. The standard InChI is InChI=1S/C10H11BrO.C3H9N.C2H6/c11-10-6-4-9(5-7-10)3-1-2-8-12;1-2-3-4;1-2/h4-8H,1-3H2;2-4H2,1H3;1-2H3. The van der Waals surface area contributed by atoms with Crippen LogP contribution in [0.2, 0.25) is 0 Å². The van der Waals surface area contributed by atoms with Gasteiger partial charge in [0, 0.05) is 10.9 Å². The summed E-state index contributed by atoms with van der Waals surface area (Å²) in [7, 11) is 0. The molecule has 0 spiro atoms. The quantitative estimate of drug-likeness (QED) is 0.648. The van der Waals surface area contributed by atoms with E-state index in [1.54, 1.807) is 0 Å². The lowest BCUT2D eigenvalue weighted by Gasteiger charge is -1.98. The van der Waals surface area contributed by atoms with Crippen LogP contribution in [0.15, 0.2) is 28.7 Å². The van der Waals surface area contributed by atoms with Crippen molar-refractivity contribution in [2.24, 2.45) is 5.73 Å². The van der Waals surface area contributed by atoms with E-state index in [4.69, 9.17) is 5.73 Å². The molecule has 0 fully saturated rings. The maximum Gasteiger partial charge on any atom is 0.120 e. The van der Waals surface area contributed by atoms with Crippen LogP contribution in [-0.2, 0) is 11.2 Å². The molecule has 1 aromatic carbocycles. The first-order chi connectivity index (χ1) is 8.74. The molecule has 0 atom stereocenters. The van der Waals surface area contributed by atoms with Gasteiger partial charge < -0.3 is 10.5 Å². The summed E-state index contributed by atoms with van der Waals surface area (Å²) in [6.07, 6.45) is 4.67. The van der Waals surface area contributed by atoms with Gasteiger partial charge in [-0.3, -0.25) is 0 Å². The lowest BCUT2D eigenvalue weighted by atomic mass is 10.1. The number of benzene rings is 1. The van der Waals surface area contributed by atoms with Crippen LogP contribution in [0.25, 0.3) is 0 Å². The van der Waals surface area contributed by atoms with E-state index in [1.165, 1.54) is 5.56 Å². The van der Waals surface area contributed by atoms with E-state index in [-0.39, 0.29) is 0 Å². The number of aryl methyl sites for hydroxylation is 1. The van der Waals surface area contributed by atoms with Crippen LogP contribution in [0.1, 0.15) is 45.6 Å². The number of carbonyl (C=O) groups excluding carboxylic acids is 1. The van der Waals surface area contributed by atoms with Crippen LogP contribution >= 0.6 is 15.9 Å². The zero-order valence-corrected chi connectivity index (χ0v) is 13.4. The summed E-state index contributed by atoms with van der Waals surface area (Å²) in [5, 5.41) is 0. The lowest BCUT2D eigenvalue weighted by molar-refractivity contribution is -0.107. The van der Waals surface area contributed by atoms with Gasteiger partial charge in [0.2, 0.25) is 0 Å². The molecular formula is C15H26BrNO. The molecule has 0 aromatic heterocycles. The van der Waals surface area contributed by atoms with Gasteiger partial charge in [-0.15, -0.1) is 0 Å². The summed E-state index contributed by atoms with van der Waals surface area (Å²) in [5.74, 6) is 0. The Bertz CT molecular complexity index is 270. The Morgan fingerprint density at radius 1 is 1.22 bits per heavy atom. The van der Waals surface area contributed by atoms with Crippen LogP contribution in [0.4, 0.5) is 0 Å². The first-order valence-corrected chi connectivity index (χ1v) is 7.42. The number of unbranched alkanes of at least 4 members (excludes halogenated alkanes) is 1. The first-order valence-electron chi connectivity index (χ1n) is 6.62. The molecule has 0 amide bonds. The van der Waals surface area contributed by atoms with Crippen LogP contribution in [0.3, 0.4) is 0 Å². The number of hydrogen-bond donors (Lipinski definition) is 1. The zero-order chi connectivity index (χ0) is 14.2. The van der Waals surface area contributed by atoms with Gasteiger partial charge in [-0.1, -0.05) is 48.8 Å². The van der Waals surface area contributed by atoms with Crippen LogP contribution in [0.5, 0.6) is 0 Å². The molecular weight excluding hydrogens is 290 g/mol. The summed E-state index contributed by atoms with van der Waals surface area (Å²) in [4.78, 5) is 10.0. The molecule has 2 N–H and O–H groups in total. The molecule has 0 radical (unpaired) electrons. The molecule has 0 aliphatic heterocycles. The van der Waals surface area contributed by atoms with Gasteiger partial charge in [-0.05, 0) is 43.5 Å². The maximum atomic E-state index is 10.0. The maximum absolute atomic E-state index is 10.0. The molecule has 2 nitrogen and oxygen atoms in total. The SMILES string of the molecule is CC.CCCN.O=CCCCc1ccc(Br)cc1. The Labute approximate surface area is 120 Å². The van der Waals surface area contributed by atoms with E-state index in [1.807, 2.05) is 26.0 Å². The third-order valence-electron chi connectivity index (χ3n) is 1.99. The van der Waals surface area contributed by atoms with Crippen molar-refractivity contribution in [3.8, 4) is 0 Å². The van der Waals surface area contributed by atoms with Crippen molar-refractivity contribution >= 4 is 22.2 Å². The predicted octanol–water partition coefficient (Wildman–Crippen LogP) is 4.35. The number of rotatable bonds is 5. The summed E-state index contributed by atoms with van der Waals surface area (Å²) >= 11 is 3.37. The highest BCUT2D eigenvalue weighted by Gasteiger charge is 1.92. The molecule has 1 rings (SSSR count). The second-order valence-electron chi connectivity index (χ2n) is 3.47. The summed E-state index contributed by atoms with van der Waals surface area (Å²) in [5.41, 5.74) is 6.32. The van der Waals surface area contributed by atoms with Gasteiger partial charge in [-0.2, -0.15) is 0 Å². The van der Waals surface area contributed by atoms with Crippen LogP contribution < -0.4 is 5.73 Å². The van der Waals surface area contributed by atoms with Crippen molar-refractivity contribution in [2.75, 3.05) is 6.54 Å².